The van der Waals surface area contributed by atoms with Crippen molar-refractivity contribution in [3.8, 4) is 0 Å². The largest absolute Gasteiger partial charge is 0.545 e. The number of aliphatic carboxylic acids is 1. The fourth-order valence-electron chi connectivity index (χ4n) is 9.59. The van der Waals surface area contributed by atoms with Gasteiger partial charge in [-0.2, -0.15) is 0 Å². The van der Waals surface area contributed by atoms with Crippen LogP contribution in [-0.2, 0) is 33.3 Å². The molecule has 0 saturated heterocycles. The summed E-state index contributed by atoms with van der Waals surface area (Å²) >= 11 is 0. The van der Waals surface area contributed by atoms with Gasteiger partial charge in [-0.05, 0) is 51.4 Å². The highest BCUT2D eigenvalue weighted by molar-refractivity contribution is 5.70. The Balaban J connectivity index is 4.13. The summed E-state index contributed by atoms with van der Waals surface area (Å²) in [6, 6.07) is 0. The number of carboxylic acids is 1. The predicted octanol–water partition coefficient (Wildman–Crippen LogP) is 18.5. The van der Waals surface area contributed by atoms with Crippen molar-refractivity contribution in [2.75, 3.05) is 47.5 Å². The van der Waals surface area contributed by atoms with E-state index in [-0.39, 0.29) is 32.2 Å². The molecule has 9 heteroatoms. The molecular formula is C68H125NO8. The monoisotopic (exact) mass is 1080 g/mol. The number of carboxylic acid groups (broad SMARTS) is 1. The molecule has 0 aromatic rings. The highest BCUT2D eigenvalue weighted by Crippen LogP contribution is 2.18. The fraction of sp³-hybridized carbons (Fsp3) is 0.838. The molecule has 0 amide bonds. The number of ether oxygens (including phenoxy) is 4. The maximum Gasteiger partial charge on any atom is 0.306 e. The van der Waals surface area contributed by atoms with Crippen molar-refractivity contribution in [3.05, 3.63) is 48.6 Å². The molecule has 0 heterocycles. The number of unbranched alkanes of at least 4 members (excludes halogenated alkanes) is 38. The number of allylic oxidation sites excluding steroid dienone is 8. The number of nitrogens with zero attached hydrogens (tertiary/aromatic N) is 1. The molecular weight excluding hydrogens is 959 g/mol. The fourth-order valence-corrected chi connectivity index (χ4v) is 9.59. The lowest BCUT2D eigenvalue weighted by Gasteiger charge is -2.26. The van der Waals surface area contributed by atoms with Gasteiger partial charge in [0.05, 0.1) is 40.3 Å². The maximum atomic E-state index is 12.9. The summed E-state index contributed by atoms with van der Waals surface area (Å²) in [5, 5.41) is 11.8. The number of quaternary nitrogens is 1. The second kappa shape index (κ2) is 59.4. The topological polar surface area (TPSA) is 111 Å². The third-order valence-electron chi connectivity index (χ3n) is 14.6. The highest BCUT2D eigenvalue weighted by atomic mass is 16.7. The summed E-state index contributed by atoms with van der Waals surface area (Å²) in [5.74, 6) is -2.27. The van der Waals surface area contributed by atoms with Crippen LogP contribution in [0.4, 0.5) is 0 Å². The Morgan fingerprint density at radius 1 is 0.403 bits per heavy atom. The number of carbonyl (C=O) groups excluding carboxylic acids is 3. The van der Waals surface area contributed by atoms with Gasteiger partial charge in [-0.1, -0.05) is 294 Å². The van der Waals surface area contributed by atoms with Crippen molar-refractivity contribution in [2.45, 2.75) is 322 Å². The Bertz CT molecular complexity index is 1400. The van der Waals surface area contributed by atoms with Gasteiger partial charge in [0.2, 0.25) is 0 Å². The van der Waals surface area contributed by atoms with E-state index in [1.54, 1.807) is 0 Å². The van der Waals surface area contributed by atoms with E-state index < -0.39 is 24.3 Å². The smallest absolute Gasteiger partial charge is 0.306 e. The van der Waals surface area contributed by atoms with Crippen LogP contribution < -0.4 is 5.11 Å². The minimum Gasteiger partial charge on any atom is -0.545 e. The molecule has 0 aromatic carbocycles. The van der Waals surface area contributed by atoms with Crippen molar-refractivity contribution >= 4 is 17.9 Å². The molecule has 2 atom stereocenters. The molecule has 0 fully saturated rings. The zero-order valence-electron chi connectivity index (χ0n) is 51.3. The second-order valence-electron chi connectivity index (χ2n) is 23.4. The first-order valence-corrected chi connectivity index (χ1v) is 32.8. The molecule has 0 aliphatic heterocycles. The predicted molar refractivity (Wildman–Crippen MR) is 325 cm³/mol. The number of hydrogen-bond donors (Lipinski definition) is 0. The summed E-state index contributed by atoms with van der Waals surface area (Å²) < 4.78 is 22.8. The Hall–Kier alpha value is -2.75. The molecule has 450 valence electrons. The van der Waals surface area contributed by atoms with Gasteiger partial charge in [-0.3, -0.25) is 9.59 Å². The van der Waals surface area contributed by atoms with Crippen LogP contribution in [0.5, 0.6) is 0 Å². The van der Waals surface area contributed by atoms with Gasteiger partial charge >= 0.3 is 11.9 Å². The Kier molecular flexibility index (Phi) is 57.3. The van der Waals surface area contributed by atoms with Crippen molar-refractivity contribution < 1.29 is 42.9 Å². The third kappa shape index (κ3) is 60.7. The summed E-state index contributed by atoms with van der Waals surface area (Å²) in [5.41, 5.74) is 0. The number of esters is 2. The molecule has 0 bridgehead atoms. The van der Waals surface area contributed by atoms with Crippen LogP contribution in [0.2, 0.25) is 0 Å². The summed E-state index contributed by atoms with van der Waals surface area (Å²) in [4.78, 5) is 37.4. The van der Waals surface area contributed by atoms with Gasteiger partial charge < -0.3 is 33.3 Å². The summed E-state index contributed by atoms with van der Waals surface area (Å²) in [7, 11) is 5.93. The first-order chi connectivity index (χ1) is 37.6. The first kappa shape index (κ1) is 74.2. The molecule has 0 radical (unpaired) electrons. The van der Waals surface area contributed by atoms with E-state index >= 15 is 0 Å². The maximum absolute atomic E-state index is 12.9. The lowest BCUT2D eigenvalue weighted by molar-refractivity contribution is -0.870. The number of likely N-dealkylation sites (N-methyl/N-ethyl adjacent to an activating group) is 1. The van der Waals surface area contributed by atoms with Crippen LogP contribution >= 0.6 is 0 Å². The lowest BCUT2D eigenvalue weighted by atomic mass is 10.0. The summed E-state index contributed by atoms with van der Waals surface area (Å²) in [6.07, 6.45) is 71.8. The van der Waals surface area contributed by atoms with Crippen LogP contribution in [0, 0.1) is 0 Å². The van der Waals surface area contributed by atoms with Crippen molar-refractivity contribution in [3.63, 3.8) is 0 Å². The molecule has 9 nitrogen and oxygen atoms in total. The average Bonchev–Trinajstić information content (AvgIpc) is 3.40. The standard InChI is InChI=1S/C68H125NO8/c1-6-8-10-12-14-16-18-20-22-24-26-28-30-32-33-35-36-38-40-42-44-46-48-50-52-54-56-58-65(70)75-62-64(63-76-68(67(72)73)74-61-60-69(3,4)5)77-66(71)59-57-55-53-51-49-47-45-43-41-39-37-34-31-29-27-25-23-21-19-17-15-13-11-9-7-2/h9,11,15,17,21,23,27,29,64,68H,6-8,10,12-14,16,18-20,22,24-26,28,30-63H2,1-5H3/b11-9-,17-15-,23-21-,29-27-. The van der Waals surface area contributed by atoms with Crippen molar-refractivity contribution in [2.24, 2.45) is 0 Å². The van der Waals surface area contributed by atoms with E-state index in [0.29, 0.717) is 23.9 Å². The molecule has 0 rings (SSSR count). The van der Waals surface area contributed by atoms with Gasteiger partial charge in [0.1, 0.15) is 13.2 Å². The Labute approximate surface area is 476 Å². The van der Waals surface area contributed by atoms with Gasteiger partial charge in [0, 0.05) is 12.8 Å². The zero-order valence-corrected chi connectivity index (χ0v) is 51.3. The minimum atomic E-state index is -1.62. The molecule has 0 N–H and O–H groups in total. The highest BCUT2D eigenvalue weighted by Gasteiger charge is 2.22. The van der Waals surface area contributed by atoms with Crippen LogP contribution in [0.25, 0.3) is 0 Å². The van der Waals surface area contributed by atoms with Crippen molar-refractivity contribution in [1.82, 2.24) is 0 Å². The van der Waals surface area contributed by atoms with E-state index in [9.17, 15) is 19.5 Å². The number of hydrogen-bond acceptors (Lipinski definition) is 8. The van der Waals surface area contributed by atoms with E-state index in [1.165, 1.54) is 212 Å². The molecule has 0 aromatic heterocycles. The van der Waals surface area contributed by atoms with E-state index in [4.69, 9.17) is 18.9 Å². The zero-order chi connectivity index (χ0) is 56.2. The molecule has 0 aliphatic rings. The van der Waals surface area contributed by atoms with E-state index in [1.807, 2.05) is 21.1 Å². The summed E-state index contributed by atoms with van der Waals surface area (Å²) in [6.45, 7) is 4.69. The van der Waals surface area contributed by atoms with Crippen LogP contribution in [0.1, 0.15) is 309 Å². The minimum absolute atomic E-state index is 0.148. The van der Waals surface area contributed by atoms with E-state index in [2.05, 4.69) is 62.5 Å². The van der Waals surface area contributed by atoms with Crippen LogP contribution in [0.15, 0.2) is 48.6 Å². The van der Waals surface area contributed by atoms with Gasteiger partial charge in [-0.15, -0.1) is 0 Å². The Morgan fingerprint density at radius 2 is 0.740 bits per heavy atom. The second-order valence-corrected chi connectivity index (χ2v) is 23.4. The number of rotatable bonds is 61. The number of carbonyl (C=O) groups is 3. The molecule has 0 aliphatic carbocycles. The lowest BCUT2D eigenvalue weighted by Crippen LogP contribution is -2.44. The van der Waals surface area contributed by atoms with Gasteiger partial charge in [0.25, 0.3) is 0 Å². The van der Waals surface area contributed by atoms with Crippen LogP contribution in [-0.4, -0.2) is 82.3 Å². The third-order valence-corrected chi connectivity index (χ3v) is 14.6. The van der Waals surface area contributed by atoms with Crippen LogP contribution in [0.3, 0.4) is 0 Å². The van der Waals surface area contributed by atoms with Gasteiger partial charge in [0.15, 0.2) is 12.4 Å². The average molecular weight is 1080 g/mol. The normalized spacial score (nSPS) is 13.0. The molecule has 77 heavy (non-hydrogen) atoms. The molecule has 2 unspecified atom stereocenters. The van der Waals surface area contributed by atoms with Crippen molar-refractivity contribution in [1.29, 1.82) is 0 Å². The van der Waals surface area contributed by atoms with E-state index in [0.717, 1.165) is 64.2 Å². The first-order valence-electron chi connectivity index (χ1n) is 32.8. The molecule has 0 spiro atoms. The van der Waals surface area contributed by atoms with Gasteiger partial charge in [-0.25, -0.2) is 0 Å². The quantitative estimate of drug-likeness (QED) is 0.0195. The SMILES string of the molecule is CC/C=C\C/C=C\C/C=C\C/C=C\CCCCCCCCCCCCCCC(=O)OC(COC(=O)CCCCCCCCCCCCCCCCCCCCCCCCCCCCC)COC(OCC[N+](C)(C)C)C(=O)[O-]. The Morgan fingerprint density at radius 3 is 1.10 bits per heavy atom. The molecule has 0 saturated carbocycles.